The van der Waals surface area contributed by atoms with Crippen LogP contribution in [0.25, 0.3) is 0 Å². The number of hydrogen-bond donors (Lipinski definition) is 0. The Labute approximate surface area is 229 Å². The molecule has 0 aromatic heterocycles. The van der Waals surface area contributed by atoms with Gasteiger partial charge >= 0.3 is 6.03 Å². The summed E-state index contributed by atoms with van der Waals surface area (Å²) < 4.78 is 0. The summed E-state index contributed by atoms with van der Waals surface area (Å²) in [5.41, 5.74) is 2.76. The van der Waals surface area contributed by atoms with E-state index in [-0.39, 0.29) is 6.03 Å². The van der Waals surface area contributed by atoms with Gasteiger partial charge < -0.3 is 14.7 Å². The zero-order valence-corrected chi connectivity index (χ0v) is 24.9. The summed E-state index contributed by atoms with van der Waals surface area (Å²) in [6.45, 7) is 12.7. The molecule has 1 fully saturated rings. The van der Waals surface area contributed by atoms with E-state index in [1.54, 1.807) is 0 Å². The maximum Gasteiger partial charge on any atom is 0.319 e. The molecule has 0 spiro atoms. The van der Waals surface area contributed by atoms with Crippen LogP contribution >= 0.6 is 0 Å². The Kier molecular flexibility index (Phi) is 16.6. The summed E-state index contributed by atoms with van der Waals surface area (Å²) in [7, 11) is 3.92. The summed E-state index contributed by atoms with van der Waals surface area (Å²) in [4.78, 5) is 21.7. The van der Waals surface area contributed by atoms with Gasteiger partial charge in [-0.2, -0.15) is 0 Å². The molecule has 0 aliphatic carbocycles. The van der Waals surface area contributed by atoms with Crippen molar-refractivity contribution in [2.24, 2.45) is 0 Å². The Bertz CT molecular complexity index is 699. The van der Waals surface area contributed by atoms with Crippen LogP contribution < -0.4 is 0 Å². The lowest BCUT2D eigenvalue weighted by Gasteiger charge is -2.35. The van der Waals surface area contributed by atoms with Crippen LogP contribution in [0.2, 0.25) is 0 Å². The fourth-order valence-electron chi connectivity index (χ4n) is 5.24. The number of urea groups is 1. The van der Waals surface area contributed by atoms with Crippen LogP contribution in [0.1, 0.15) is 95.1 Å². The first kappa shape index (κ1) is 31.6. The second-order valence-electron chi connectivity index (χ2n) is 11.4. The highest BCUT2D eigenvalue weighted by Crippen LogP contribution is 2.12. The van der Waals surface area contributed by atoms with Crippen molar-refractivity contribution < 1.29 is 4.79 Å². The molecule has 212 valence electrons. The van der Waals surface area contributed by atoms with Crippen molar-refractivity contribution in [3.05, 3.63) is 35.4 Å². The zero-order chi connectivity index (χ0) is 26.7. The monoisotopic (exact) mass is 514 g/mol. The fourth-order valence-corrected chi connectivity index (χ4v) is 5.24. The van der Waals surface area contributed by atoms with Crippen molar-refractivity contribution in [3.8, 4) is 0 Å². The molecule has 0 radical (unpaired) electrons. The fraction of sp³-hybridized carbons (Fsp3) is 0.781. The van der Waals surface area contributed by atoms with E-state index in [1.165, 1.54) is 81.8 Å². The van der Waals surface area contributed by atoms with E-state index in [9.17, 15) is 4.79 Å². The molecule has 1 aliphatic rings. The average molecular weight is 515 g/mol. The number of piperazine rings is 1. The van der Waals surface area contributed by atoms with Crippen LogP contribution in [0.4, 0.5) is 4.79 Å². The van der Waals surface area contributed by atoms with E-state index in [0.717, 1.165) is 65.2 Å². The smallest absolute Gasteiger partial charge is 0.319 e. The van der Waals surface area contributed by atoms with E-state index in [4.69, 9.17) is 0 Å². The molecular formula is C32H58N4O. The third kappa shape index (κ3) is 14.2. The minimum atomic E-state index is 0.166. The van der Waals surface area contributed by atoms with Gasteiger partial charge in [-0.1, -0.05) is 107 Å². The highest BCUT2D eigenvalue weighted by molar-refractivity contribution is 5.73. The molecule has 2 amide bonds. The maximum atomic E-state index is 12.8. The topological polar surface area (TPSA) is 30.0 Å². The zero-order valence-electron chi connectivity index (χ0n) is 24.9. The quantitative estimate of drug-likeness (QED) is 0.189. The highest BCUT2D eigenvalue weighted by atomic mass is 16.2. The van der Waals surface area contributed by atoms with Gasteiger partial charge in [0.1, 0.15) is 0 Å². The summed E-state index contributed by atoms with van der Waals surface area (Å²) in [5, 5.41) is 0. The van der Waals surface area contributed by atoms with Gasteiger partial charge in [-0.15, -0.1) is 0 Å². The second-order valence-corrected chi connectivity index (χ2v) is 11.4. The lowest BCUT2D eigenvalue weighted by Crippen LogP contribution is -2.49. The van der Waals surface area contributed by atoms with Crippen molar-refractivity contribution in [2.45, 2.75) is 97.3 Å². The van der Waals surface area contributed by atoms with Gasteiger partial charge in [0.05, 0.1) is 0 Å². The van der Waals surface area contributed by atoms with E-state index >= 15 is 0 Å². The number of unbranched alkanes of at least 4 members (excludes halogenated alkanes) is 11. The maximum absolute atomic E-state index is 12.8. The van der Waals surface area contributed by atoms with Gasteiger partial charge in [0, 0.05) is 66.5 Å². The van der Waals surface area contributed by atoms with Crippen LogP contribution in [0.15, 0.2) is 24.3 Å². The molecule has 0 atom stereocenters. The van der Waals surface area contributed by atoms with Crippen molar-refractivity contribution >= 4 is 6.03 Å². The molecule has 1 heterocycles. The molecule has 2 rings (SSSR count). The van der Waals surface area contributed by atoms with Gasteiger partial charge in [0.2, 0.25) is 0 Å². The summed E-state index contributed by atoms with van der Waals surface area (Å²) in [6, 6.07) is 9.10. The first-order valence-corrected chi connectivity index (χ1v) is 15.5. The van der Waals surface area contributed by atoms with Crippen LogP contribution in [-0.2, 0) is 6.42 Å². The van der Waals surface area contributed by atoms with Gasteiger partial charge in [0.25, 0.3) is 0 Å². The molecule has 0 saturated carbocycles. The number of benzene rings is 1. The van der Waals surface area contributed by atoms with Crippen LogP contribution in [0.5, 0.6) is 0 Å². The number of likely N-dealkylation sites (N-methyl/N-ethyl adjacent to an activating group) is 1. The van der Waals surface area contributed by atoms with Crippen molar-refractivity contribution in [3.63, 3.8) is 0 Å². The van der Waals surface area contributed by atoms with Crippen molar-refractivity contribution in [1.29, 1.82) is 0 Å². The molecule has 1 aromatic carbocycles. The van der Waals surface area contributed by atoms with E-state index in [0.29, 0.717) is 0 Å². The number of amides is 2. The van der Waals surface area contributed by atoms with Gasteiger partial charge in [0.15, 0.2) is 0 Å². The molecule has 1 saturated heterocycles. The average Bonchev–Trinajstić information content (AvgIpc) is 2.92. The Balaban J connectivity index is 1.45. The summed E-state index contributed by atoms with van der Waals surface area (Å²) in [6.07, 6.45) is 17.4. The number of carbonyl (C=O) groups is 1. The number of rotatable bonds is 19. The Morgan fingerprint density at radius 2 is 1.14 bits per heavy atom. The number of hydrogen-bond acceptors (Lipinski definition) is 3. The molecule has 0 bridgehead atoms. The van der Waals surface area contributed by atoms with Crippen LogP contribution in [0, 0.1) is 6.92 Å². The molecule has 1 aliphatic heterocycles. The standard InChI is InChI=1S/C32H58N4O/c1-5-6-7-8-9-10-11-12-13-14-15-16-22-33(3)32(37)34(4)24-25-36-28-26-35(27-29-36)23-21-31-19-17-30(2)18-20-31/h17-20H,5-16,21-29H2,1-4H3. The largest absolute Gasteiger partial charge is 0.328 e. The highest BCUT2D eigenvalue weighted by Gasteiger charge is 2.19. The van der Waals surface area contributed by atoms with E-state index in [2.05, 4.69) is 47.9 Å². The van der Waals surface area contributed by atoms with Gasteiger partial charge in [-0.3, -0.25) is 4.90 Å². The lowest BCUT2D eigenvalue weighted by molar-refractivity contribution is 0.120. The number of nitrogens with zero attached hydrogens (tertiary/aromatic N) is 4. The SMILES string of the molecule is CCCCCCCCCCCCCCN(C)C(=O)N(C)CCN1CCN(CCc2ccc(C)cc2)CC1. The van der Waals surface area contributed by atoms with E-state index < -0.39 is 0 Å². The number of aryl methyl sites for hydroxylation is 1. The molecule has 5 nitrogen and oxygen atoms in total. The normalized spacial score (nSPS) is 14.7. The predicted molar refractivity (Wildman–Crippen MR) is 159 cm³/mol. The third-order valence-electron chi connectivity index (χ3n) is 8.05. The molecule has 0 N–H and O–H groups in total. The molecule has 5 heteroatoms. The van der Waals surface area contributed by atoms with Crippen LogP contribution in [-0.4, -0.2) is 92.1 Å². The van der Waals surface area contributed by atoms with Gasteiger partial charge in [-0.05, 0) is 25.3 Å². The van der Waals surface area contributed by atoms with Crippen molar-refractivity contribution in [1.82, 2.24) is 19.6 Å². The molecular weight excluding hydrogens is 456 g/mol. The minimum absolute atomic E-state index is 0.166. The minimum Gasteiger partial charge on any atom is -0.328 e. The lowest BCUT2D eigenvalue weighted by atomic mass is 10.1. The number of carbonyl (C=O) groups excluding carboxylic acids is 1. The summed E-state index contributed by atoms with van der Waals surface area (Å²) in [5.74, 6) is 0. The Morgan fingerprint density at radius 1 is 0.676 bits per heavy atom. The Morgan fingerprint density at radius 3 is 1.68 bits per heavy atom. The molecule has 0 unspecified atom stereocenters. The first-order chi connectivity index (χ1) is 18.0. The third-order valence-corrected chi connectivity index (χ3v) is 8.05. The summed E-state index contributed by atoms with van der Waals surface area (Å²) >= 11 is 0. The van der Waals surface area contributed by atoms with Crippen LogP contribution in [0.3, 0.4) is 0 Å². The predicted octanol–water partition coefficient (Wildman–Crippen LogP) is 6.84. The van der Waals surface area contributed by atoms with E-state index in [1.807, 2.05) is 23.9 Å². The second kappa shape index (κ2) is 19.5. The first-order valence-electron chi connectivity index (χ1n) is 15.5. The van der Waals surface area contributed by atoms with Crippen molar-refractivity contribution in [2.75, 3.05) is 66.5 Å². The molecule has 37 heavy (non-hydrogen) atoms. The van der Waals surface area contributed by atoms with Gasteiger partial charge in [-0.25, -0.2) is 4.79 Å². The Hall–Kier alpha value is -1.59. The molecule has 1 aromatic rings.